The number of nitrogens with zero attached hydrogens (tertiary/aromatic N) is 2. The van der Waals surface area contributed by atoms with Crippen molar-refractivity contribution < 1.29 is 4.79 Å². The molecule has 2 heterocycles. The summed E-state index contributed by atoms with van der Waals surface area (Å²) >= 11 is 0. The average molecular weight is 330 g/mol. The van der Waals surface area contributed by atoms with Gasteiger partial charge in [-0.3, -0.25) is 4.79 Å². The van der Waals surface area contributed by atoms with E-state index >= 15 is 0 Å². The second kappa shape index (κ2) is 6.67. The Labute approximate surface area is 148 Å². The molecule has 1 amide bonds. The first-order valence-electron chi connectivity index (χ1n) is 9.00. The van der Waals surface area contributed by atoms with Gasteiger partial charge in [-0.1, -0.05) is 48.5 Å². The van der Waals surface area contributed by atoms with Crippen molar-refractivity contribution in [3.8, 4) is 11.3 Å². The van der Waals surface area contributed by atoms with E-state index in [0.29, 0.717) is 6.04 Å². The standard InChI is InChI=1S/C22H22N2O/c1-16-9-7-8-14-24(16)22(25)19-15-21(17-10-3-2-4-11-17)23-20-13-6-5-12-18(19)20/h2-6,10-13,15-16H,7-9,14H2,1H3/t16-/m0/s1. The van der Waals surface area contributed by atoms with Crippen molar-refractivity contribution in [2.45, 2.75) is 32.2 Å². The number of carbonyl (C=O) groups excluding carboxylic acids is 1. The minimum absolute atomic E-state index is 0.128. The van der Waals surface area contributed by atoms with Gasteiger partial charge < -0.3 is 4.90 Å². The Kier molecular flexibility index (Phi) is 4.22. The SMILES string of the molecule is C[C@H]1CCCCN1C(=O)c1cc(-c2ccccc2)nc2ccccc12. The van der Waals surface area contributed by atoms with Crippen LogP contribution in [-0.4, -0.2) is 28.4 Å². The Morgan fingerprint density at radius 3 is 2.60 bits per heavy atom. The summed E-state index contributed by atoms with van der Waals surface area (Å²) in [6, 6.07) is 20.3. The molecule has 126 valence electrons. The van der Waals surface area contributed by atoms with Crippen LogP contribution in [-0.2, 0) is 0 Å². The fraction of sp³-hybridized carbons (Fsp3) is 0.273. The molecule has 3 heteroatoms. The van der Waals surface area contributed by atoms with Gasteiger partial charge in [-0.05, 0) is 38.3 Å². The molecule has 0 bridgehead atoms. The number of likely N-dealkylation sites (tertiary alicyclic amines) is 1. The zero-order valence-electron chi connectivity index (χ0n) is 14.5. The number of piperidine rings is 1. The highest BCUT2D eigenvalue weighted by Crippen LogP contribution is 2.27. The maximum atomic E-state index is 13.3. The number of hydrogen-bond acceptors (Lipinski definition) is 2. The van der Waals surface area contributed by atoms with E-state index in [1.54, 1.807) is 0 Å². The molecule has 0 aliphatic carbocycles. The molecule has 1 atom stereocenters. The van der Waals surface area contributed by atoms with Crippen molar-refractivity contribution in [2.75, 3.05) is 6.54 Å². The van der Waals surface area contributed by atoms with Crippen LogP contribution in [0, 0.1) is 0 Å². The van der Waals surface area contributed by atoms with Gasteiger partial charge in [0.25, 0.3) is 5.91 Å². The van der Waals surface area contributed by atoms with Gasteiger partial charge >= 0.3 is 0 Å². The molecule has 25 heavy (non-hydrogen) atoms. The van der Waals surface area contributed by atoms with Gasteiger partial charge in [-0.2, -0.15) is 0 Å². The molecule has 1 aromatic heterocycles. The van der Waals surface area contributed by atoms with E-state index in [2.05, 4.69) is 6.92 Å². The normalized spacial score (nSPS) is 17.6. The van der Waals surface area contributed by atoms with E-state index in [0.717, 1.165) is 47.1 Å². The van der Waals surface area contributed by atoms with E-state index in [4.69, 9.17) is 4.98 Å². The predicted octanol–water partition coefficient (Wildman–Crippen LogP) is 4.92. The molecule has 0 unspecified atom stereocenters. The minimum atomic E-state index is 0.128. The summed E-state index contributed by atoms with van der Waals surface area (Å²) < 4.78 is 0. The molecule has 1 fully saturated rings. The van der Waals surface area contributed by atoms with Gasteiger partial charge in [0.15, 0.2) is 0 Å². The summed E-state index contributed by atoms with van der Waals surface area (Å²) in [7, 11) is 0. The van der Waals surface area contributed by atoms with E-state index in [1.807, 2.05) is 65.6 Å². The summed E-state index contributed by atoms with van der Waals surface area (Å²) in [5, 5.41) is 0.935. The highest BCUT2D eigenvalue weighted by Gasteiger charge is 2.26. The zero-order valence-corrected chi connectivity index (χ0v) is 14.5. The van der Waals surface area contributed by atoms with Gasteiger partial charge in [0.05, 0.1) is 16.8 Å². The average Bonchev–Trinajstić information content (AvgIpc) is 2.67. The van der Waals surface area contributed by atoms with Gasteiger partial charge in [0, 0.05) is 23.5 Å². The van der Waals surface area contributed by atoms with Crippen LogP contribution in [0.2, 0.25) is 0 Å². The number of benzene rings is 2. The summed E-state index contributed by atoms with van der Waals surface area (Å²) in [4.78, 5) is 20.1. The molecule has 0 radical (unpaired) electrons. The first-order chi connectivity index (χ1) is 12.2. The number of aromatic nitrogens is 1. The van der Waals surface area contributed by atoms with Crippen LogP contribution in [0.15, 0.2) is 60.7 Å². The van der Waals surface area contributed by atoms with Crippen molar-refractivity contribution in [1.82, 2.24) is 9.88 Å². The first kappa shape index (κ1) is 15.8. The molecular weight excluding hydrogens is 308 g/mol. The molecule has 0 saturated carbocycles. The number of fused-ring (bicyclic) bond motifs is 1. The Bertz CT molecular complexity index is 904. The van der Waals surface area contributed by atoms with Crippen LogP contribution >= 0.6 is 0 Å². The van der Waals surface area contributed by atoms with Crippen LogP contribution in [0.3, 0.4) is 0 Å². The van der Waals surface area contributed by atoms with Crippen molar-refractivity contribution in [3.05, 3.63) is 66.2 Å². The Balaban J connectivity index is 1.85. The predicted molar refractivity (Wildman–Crippen MR) is 102 cm³/mol. The first-order valence-corrected chi connectivity index (χ1v) is 9.00. The van der Waals surface area contributed by atoms with Crippen LogP contribution in [0.5, 0.6) is 0 Å². The number of carbonyl (C=O) groups is 1. The fourth-order valence-corrected chi connectivity index (χ4v) is 3.66. The van der Waals surface area contributed by atoms with Crippen molar-refractivity contribution in [2.24, 2.45) is 0 Å². The molecule has 2 aromatic carbocycles. The topological polar surface area (TPSA) is 33.2 Å². The van der Waals surface area contributed by atoms with Crippen molar-refractivity contribution in [1.29, 1.82) is 0 Å². The maximum absolute atomic E-state index is 13.3. The lowest BCUT2D eigenvalue weighted by Gasteiger charge is -2.33. The maximum Gasteiger partial charge on any atom is 0.254 e. The monoisotopic (exact) mass is 330 g/mol. The van der Waals surface area contributed by atoms with Crippen LogP contribution in [0.25, 0.3) is 22.2 Å². The lowest BCUT2D eigenvalue weighted by atomic mass is 9.99. The Hall–Kier alpha value is -2.68. The number of amides is 1. The van der Waals surface area contributed by atoms with Gasteiger partial charge in [0.1, 0.15) is 0 Å². The molecular formula is C22H22N2O. The van der Waals surface area contributed by atoms with E-state index in [-0.39, 0.29) is 5.91 Å². The number of pyridine rings is 1. The summed E-state index contributed by atoms with van der Waals surface area (Å²) in [5.74, 6) is 0.128. The third kappa shape index (κ3) is 3.02. The smallest absolute Gasteiger partial charge is 0.254 e. The molecule has 1 aliphatic heterocycles. The lowest BCUT2D eigenvalue weighted by molar-refractivity contribution is 0.0637. The summed E-state index contributed by atoms with van der Waals surface area (Å²) in [6.45, 7) is 3.00. The van der Waals surface area contributed by atoms with Gasteiger partial charge in [-0.25, -0.2) is 4.98 Å². The largest absolute Gasteiger partial charge is 0.336 e. The Morgan fingerprint density at radius 2 is 1.80 bits per heavy atom. The molecule has 4 rings (SSSR count). The van der Waals surface area contributed by atoms with Crippen LogP contribution in [0.1, 0.15) is 36.5 Å². The van der Waals surface area contributed by atoms with Gasteiger partial charge in [-0.15, -0.1) is 0 Å². The third-order valence-electron chi connectivity index (χ3n) is 5.08. The van der Waals surface area contributed by atoms with Crippen molar-refractivity contribution in [3.63, 3.8) is 0 Å². The number of rotatable bonds is 2. The van der Waals surface area contributed by atoms with Gasteiger partial charge in [0.2, 0.25) is 0 Å². The van der Waals surface area contributed by atoms with Crippen LogP contribution in [0.4, 0.5) is 0 Å². The minimum Gasteiger partial charge on any atom is -0.336 e. The highest BCUT2D eigenvalue weighted by molar-refractivity contribution is 6.07. The molecule has 1 aliphatic rings. The summed E-state index contributed by atoms with van der Waals surface area (Å²) in [6.07, 6.45) is 3.38. The molecule has 3 nitrogen and oxygen atoms in total. The highest BCUT2D eigenvalue weighted by atomic mass is 16.2. The second-order valence-electron chi connectivity index (χ2n) is 6.78. The van der Waals surface area contributed by atoms with Crippen LogP contribution < -0.4 is 0 Å². The second-order valence-corrected chi connectivity index (χ2v) is 6.78. The lowest BCUT2D eigenvalue weighted by Crippen LogP contribution is -2.42. The fourth-order valence-electron chi connectivity index (χ4n) is 3.66. The third-order valence-corrected chi connectivity index (χ3v) is 5.08. The zero-order chi connectivity index (χ0) is 17.2. The van der Waals surface area contributed by atoms with E-state index in [9.17, 15) is 4.79 Å². The molecule has 3 aromatic rings. The molecule has 0 spiro atoms. The molecule has 1 saturated heterocycles. The summed E-state index contributed by atoms with van der Waals surface area (Å²) in [5.41, 5.74) is 3.52. The quantitative estimate of drug-likeness (QED) is 0.668. The molecule has 0 N–H and O–H groups in total. The van der Waals surface area contributed by atoms with E-state index < -0.39 is 0 Å². The Morgan fingerprint density at radius 1 is 1.04 bits per heavy atom. The van der Waals surface area contributed by atoms with Crippen molar-refractivity contribution >= 4 is 16.8 Å². The van der Waals surface area contributed by atoms with E-state index in [1.165, 1.54) is 6.42 Å². The number of para-hydroxylation sites is 1. The number of hydrogen-bond donors (Lipinski definition) is 0.